The number of thiocarbonyl (C=S) groups is 1. The van der Waals surface area contributed by atoms with Gasteiger partial charge < -0.3 is 19.5 Å². The molecule has 1 aliphatic rings. The van der Waals surface area contributed by atoms with Gasteiger partial charge in [0, 0.05) is 58.9 Å². The largest absolute Gasteiger partial charge is 0.383 e. The van der Waals surface area contributed by atoms with Crippen LogP contribution in [-0.2, 0) is 11.3 Å². The standard InChI is InChI=1S/C29H29N5O3S2/c1-19-18-25(20(2)32(19)16-17-37-3)28-27(26-6-4-5-15-30-26)31-29(38)33(28)21-7-11-23(12-8-21)39-24-13-9-22(10-14-24)34(35)36/h4-15,18,27-28H,16-17H2,1-3H3,(H,31,38)/t27-,28-/m0/s1. The van der Waals surface area contributed by atoms with Crippen molar-refractivity contribution in [2.24, 2.45) is 0 Å². The molecule has 0 amide bonds. The Balaban J connectivity index is 1.48. The number of non-ortho nitro benzene ring substituents is 1. The highest BCUT2D eigenvalue weighted by molar-refractivity contribution is 7.99. The van der Waals surface area contributed by atoms with Crippen LogP contribution in [0.3, 0.4) is 0 Å². The number of nitro benzene ring substituents is 1. The lowest BCUT2D eigenvalue weighted by Gasteiger charge is -2.28. The van der Waals surface area contributed by atoms with Gasteiger partial charge in [-0.05, 0) is 86.2 Å². The minimum atomic E-state index is -0.389. The van der Waals surface area contributed by atoms with E-state index in [9.17, 15) is 10.1 Å². The van der Waals surface area contributed by atoms with E-state index < -0.39 is 0 Å². The molecule has 1 aliphatic heterocycles. The summed E-state index contributed by atoms with van der Waals surface area (Å²) in [5.41, 5.74) is 5.53. The number of ether oxygens (including phenoxy) is 1. The van der Waals surface area contributed by atoms with Crippen molar-refractivity contribution in [3.05, 3.63) is 112 Å². The molecular weight excluding hydrogens is 530 g/mol. The predicted molar refractivity (Wildman–Crippen MR) is 157 cm³/mol. The van der Waals surface area contributed by atoms with Gasteiger partial charge in [0.2, 0.25) is 0 Å². The van der Waals surface area contributed by atoms with Gasteiger partial charge in [-0.1, -0.05) is 17.8 Å². The highest BCUT2D eigenvalue weighted by Gasteiger charge is 2.42. The first kappa shape index (κ1) is 26.9. The van der Waals surface area contributed by atoms with Crippen molar-refractivity contribution >= 4 is 40.5 Å². The third-order valence-electron chi connectivity index (χ3n) is 6.95. The smallest absolute Gasteiger partial charge is 0.269 e. The topological polar surface area (TPSA) is 85.5 Å². The Bertz CT molecular complexity index is 1470. The molecule has 0 spiro atoms. The molecule has 10 heteroatoms. The van der Waals surface area contributed by atoms with Crippen molar-refractivity contribution in [1.82, 2.24) is 14.9 Å². The Labute approximate surface area is 237 Å². The number of aromatic nitrogens is 2. The number of nitrogens with one attached hydrogen (secondary N) is 1. The van der Waals surface area contributed by atoms with Crippen LogP contribution in [0.25, 0.3) is 0 Å². The van der Waals surface area contributed by atoms with Crippen molar-refractivity contribution in [2.45, 2.75) is 42.3 Å². The minimum absolute atomic E-state index is 0.0832. The number of hydrogen-bond donors (Lipinski definition) is 1. The van der Waals surface area contributed by atoms with E-state index in [2.05, 4.69) is 63.9 Å². The van der Waals surface area contributed by atoms with Crippen LogP contribution in [0.15, 0.2) is 88.8 Å². The molecule has 0 saturated carbocycles. The van der Waals surface area contributed by atoms with E-state index in [0.29, 0.717) is 11.7 Å². The van der Waals surface area contributed by atoms with E-state index >= 15 is 0 Å². The quantitative estimate of drug-likeness (QED) is 0.144. The van der Waals surface area contributed by atoms with Crippen LogP contribution in [0.1, 0.15) is 34.7 Å². The fourth-order valence-corrected chi connectivity index (χ4v) is 6.21. The summed E-state index contributed by atoms with van der Waals surface area (Å²) in [6.07, 6.45) is 1.81. The van der Waals surface area contributed by atoms with Gasteiger partial charge in [0.1, 0.15) is 0 Å². The Morgan fingerprint density at radius 2 is 1.77 bits per heavy atom. The van der Waals surface area contributed by atoms with E-state index in [0.717, 1.165) is 27.7 Å². The number of benzene rings is 2. The molecule has 5 rings (SSSR count). The van der Waals surface area contributed by atoms with Gasteiger partial charge >= 0.3 is 0 Å². The molecule has 200 valence electrons. The van der Waals surface area contributed by atoms with Crippen molar-refractivity contribution in [2.75, 3.05) is 18.6 Å². The molecular formula is C29H29N5O3S2. The molecule has 8 nitrogen and oxygen atoms in total. The summed E-state index contributed by atoms with van der Waals surface area (Å²) in [6.45, 7) is 5.69. The minimum Gasteiger partial charge on any atom is -0.383 e. The Morgan fingerprint density at radius 1 is 1.08 bits per heavy atom. The monoisotopic (exact) mass is 559 g/mol. The molecule has 1 fully saturated rings. The van der Waals surface area contributed by atoms with E-state index in [-0.39, 0.29) is 22.7 Å². The lowest BCUT2D eigenvalue weighted by molar-refractivity contribution is -0.384. The number of pyridine rings is 1. The first-order valence-electron chi connectivity index (χ1n) is 12.6. The van der Waals surface area contributed by atoms with Crippen LogP contribution in [0.2, 0.25) is 0 Å². The summed E-state index contributed by atoms with van der Waals surface area (Å²) >= 11 is 7.46. The molecule has 4 aromatic rings. The molecule has 2 atom stereocenters. The molecule has 1 N–H and O–H groups in total. The van der Waals surface area contributed by atoms with Gasteiger partial charge in [0.25, 0.3) is 5.69 Å². The second kappa shape index (κ2) is 11.6. The van der Waals surface area contributed by atoms with Gasteiger partial charge in [0.15, 0.2) is 5.11 Å². The van der Waals surface area contributed by atoms with E-state index in [1.807, 2.05) is 24.4 Å². The third kappa shape index (κ3) is 5.54. The molecule has 39 heavy (non-hydrogen) atoms. The number of hydrogen-bond acceptors (Lipinski definition) is 6. The summed E-state index contributed by atoms with van der Waals surface area (Å²) in [5.74, 6) is 0. The van der Waals surface area contributed by atoms with Gasteiger partial charge in [-0.2, -0.15) is 0 Å². The van der Waals surface area contributed by atoms with Crippen molar-refractivity contribution in [1.29, 1.82) is 0 Å². The Morgan fingerprint density at radius 3 is 2.38 bits per heavy atom. The molecule has 1 saturated heterocycles. The molecule has 0 unspecified atom stereocenters. The Kier molecular flexibility index (Phi) is 7.97. The van der Waals surface area contributed by atoms with Crippen LogP contribution in [-0.4, -0.2) is 33.3 Å². The second-order valence-corrected chi connectivity index (χ2v) is 10.8. The lowest BCUT2D eigenvalue weighted by Crippen LogP contribution is -2.29. The maximum atomic E-state index is 11.0. The fourth-order valence-electron chi connectivity index (χ4n) is 5.05. The molecule has 0 bridgehead atoms. The normalized spacial score (nSPS) is 16.9. The predicted octanol–water partition coefficient (Wildman–Crippen LogP) is 6.38. The maximum absolute atomic E-state index is 11.0. The van der Waals surface area contributed by atoms with Gasteiger partial charge in [-0.3, -0.25) is 15.1 Å². The van der Waals surface area contributed by atoms with Crippen molar-refractivity contribution < 1.29 is 9.66 Å². The number of aryl methyl sites for hydroxylation is 1. The zero-order valence-corrected chi connectivity index (χ0v) is 23.5. The summed E-state index contributed by atoms with van der Waals surface area (Å²) < 4.78 is 7.64. The second-order valence-electron chi connectivity index (χ2n) is 9.31. The van der Waals surface area contributed by atoms with Crippen LogP contribution >= 0.6 is 24.0 Å². The summed E-state index contributed by atoms with van der Waals surface area (Å²) in [4.78, 5) is 19.4. The zero-order chi connectivity index (χ0) is 27.5. The molecule has 0 aliphatic carbocycles. The number of nitrogens with zero attached hydrogens (tertiary/aromatic N) is 4. The van der Waals surface area contributed by atoms with Crippen LogP contribution < -0.4 is 10.2 Å². The average Bonchev–Trinajstić information content (AvgIpc) is 3.43. The maximum Gasteiger partial charge on any atom is 0.269 e. The average molecular weight is 560 g/mol. The Hall–Kier alpha value is -3.73. The first-order valence-corrected chi connectivity index (χ1v) is 13.8. The van der Waals surface area contributed by atoms with E-state index in [4.69, 9.17) is 17.0 Å². The fraction of sp³-hybridized carbons (Fsp3) is 0.241. The number of nitro groups is 1. The van der Waals surface area contributed by atoms with Gasteiger partial charge in [-0.15, -0.1) is 0 Å². The van der Waals surface area contributed by atoms with Gasteiger partial charge in [0.05, 0.1) is 29.3 Å². The van der Waals surface area contributed by atoms with E-state index in [1.165, 1.54) is 29.1 Å². The number of methoxy groups -OCH3 is 1. The number of rotatable bonds is 9. The highest BCUT2D eigenvalue weighted by Crippen LogP contribution is 2.43. The van der Waals surface area contributed by atoms with Gasteiger partial charge in [-0.25, -0.2) is 0 Å². The molecule has 2 aromatic heterocycles. The van der Waals surface area contributed by atoms with E-state index in [1.54, 1.807) is 31.0 Å². The number of anilines is 1. The summed E-state index contributed by atoms with van der Waals surface area (Å²) in [6, 6.07) is 22.8. The SMILES string of the molecule is COCCn1c(C)cc([C@H]2[C@H](c3ccccn3)NC(=S)N2c2ccc(Sc3ccc([N+](=O)[O-])cc3)cc2)c1C. The summed E-state index contributed by atoms with van der Waals surface area (Å²) in [7, 11) is 1.72. The molecule has 3 heterocycles. The third-order valence-corrected chi connectivity index (χ3v) is 8.28. The zero-order valence-electron chi connectivity index (χ0n) is 21.9. The van der Waals surface area contributed by atoms with Crippen LogP contribution in [0.4, 0.5) is 11.4 Å². The van der Waals surface area contributed by atoms with Crippen molar-refractivity contribution in [3.8, 4) is 0 Å². The van der Waals surface area contributed by atoms with Crippen LogP contribution in [0, 0.1) is 24.0 Å². The summed E-state index contributed by atoms with van der Waals surface area (Å²) in [5, 5.41) is 15.1. The molecule has 2 aromatic carbocycles. The lowest BCUT2D eigenvalue weighted by atomic mass is 9.96. The highest BCUT2D eigenvalue weighted by atomic mass is 32.2. The first-order chi connectivity index (χ1) is 18.9. The van der Waals surface area contributed by atoms with Crippen LogP contribution in [0.5, 0.6) is 0 Å². The van der Waals surface area contributed by atoms with Crippen molar-refractivity contribution in [3.63, 3.8) is 0 Å². The molecule has 0 radical (unpaired) electrons.